The van der Waals surface area contributed by atoms with Crippen LogP contribution in [0.25, 0.3) is 0 Å². The average molecular weight is 376 g/mol. The zero-order valence-corrected chi connectivity index (χ0v) is 13.3. The first kappa shape index (κ1) is 15.9. The fourth-order valence-electron chi connectivity index (χ4n) is 1.70. The molecule has 0 aliphatic rings. The maximum atomic E-state index is 12.0. The van der Waals surface area contributed by atoms with E-state index >= 15 is 0 Å². The van der Waals surface area contributed by atoms with E-state index in [-0.39, 0.29) is 18.1 Å². The first-order chi connectivity index (χ1) is 8.86. The minimum absolute atomic E-state index is 0.0547. The number of ether oxygens (including phenoxy) is 1. The fourth-order valence-corrected chi connectivity index (χ4v) is 2.46. The maximum absolute atomic E-state index is 12.0. The van der Waals surface area contributed by atoms with Crippen molar-refractivity contribution in [2.75, 3.05) is 7.11 Å². The Balaban J connectivity index is 2.82. The van der Waals surface area contributed by atoms with Crippen LogP contribution in [-0.4, -0.2) is 24.0 Å². The van der Waals surface area contributed by atoms with Crippen LogP contribution in [0.2, 0.25) is 0 Å². The molecule has 0 spiro atoms. The Kier molecular flexibility index (Phi) is 5.78. The molecule has 0 radical (unpaired) electrons. The van der Waals surface area contributed by atoms with Crippen LogP contribution in [0.3, 0.4) is 0 Å². The van der Waals surface area contributed by atoms with Crippen LogP contribution >= 0.6 is 22.6 Å². The van der Waals surface area contributed by atoms with Crippen LogP contribution in [-0.2, 0) is 9.59 Å². The monoisotopic (exact) mass is 376 g/mol. The molecule has 104 valence electrons. The van der Waals surface area contributed by atoms with Gasteiger partial charge >= 0.3 is 5.97 Å². The lowest BCUT2D eigenvalue weighted by atomic mass is 9.91. The molecule has 2 atom stereocenters. The van der Waals surface area contributed by atoms with Gasteiger partial charge in [0, 0.05) is 12.3 Å². The summed E-state index contributed by atoms with van der Waals surface area (Å²) < 4.78 is 6.10. The molecule has 1 N–H and O–H groups in total. The van der Waals surface area contributed by atoms with Crippen molar-refractivity contribution in [1.82, 2.24) is 0 Å². The van der Waals surface area contributed by atoms with Crippen LogP contribution in [0.15, 0.2) is 18.2 Å². The van der Waals surface area contributed by atoms with Crippen molar-refractivity contribution in [3.63, 3.8) is 0 Å². The minimum atomic E-state index is -0.940. The number of hydrogen-bond donors (Lipinski definition) is 1. The Morgan fingerprint density at radius 2 is 2.00 bits per heavy atom. The van der Waals surface area contributed by atoms with Gasteiger partial charge in [0.2, 0.25) is 0 Å². The third kappa shape index (κ3) is 4.19. The summed E-state index contributed by atoms with van der Waals surface area (Å²) >= 11 is 2.15. The Bertz CT molecular complexity index is 484. The van der Waals surface area contributed by atoms with E-state index in [4.69, 9.17) is 9.84 Å². The number of aliphatic carboxylic acids is 1. The quantitative estimate of drug-likeness (QED) is 0.776. The summed E-state index contributed by atoms with van der Waals surface area (Å²) in [6.07, 6.45) is 0.0547. The molecule has 0 aromatic heterocycles. The van der Waals surface area contributed by atoms with Gasteiger partial charge in [0.25, 0.3) is 0 Å². The van der Waals surface area contributed by atoms with Crippen molar-refractivity contribution in [2.24, 2.45) is 5.92 Å². The van der Waals surface area contributed by atoms with Crippen LogP contribution < -0.4 is 4.74 Å². The molecular formula is C14H17IO4. The second-order valence-electron chi connectivity index (χ2n) is 4.53. The van der Waals surface area contributed by atoms with Gasteiger partial charge in [-0.25, -0.2) is 0 Å². The lowest BCUT2D eigenvalue weighted by molar-refractivity contribution is -0.143. The van der Waals surface area contributed by atoms with Gasteiger partial charge in [-0.3, -0.25) is 9.59 Å². The van der Waals surface area contributed by atoms with E-state index in [9.17, 15) is 9.59 Å². The van der Waals surface area contributed by atoms with Crippen molar-refractivity contribution in [2.45, 2.75) is 26.2 Å². The third-order valence-corrected chi connectivity index (χ3v) is 3.93. The fraction of sp³-hybridized carbons (Fsp3) is 0.429. The van der Waals surface area contributed by atoms with Gasteiger partial charge in [0.05, 0.1) is 16.6 Å². The van der Waals surface area contributed by atoms with E-state index in [2.05, 4.69) is 22.6 Å². The molecule has 0 bridgehead atoms. The van der Waals surface area contributed by atoms with E-state index in [1.54, 1.807) is 21.0 Å². The highest BCUT2D eigenvalue weighted by Crippen LogP contribution is 2.27. The number of carbonyl (C=O) groups excluding carboxylic acids is 1. The number of carboxylic acid groups (broad SMARTS) is 1. The molecule has 0 saturated carbocycles. The largest absolute Gasteiger partial charge is 0.496 e. The summed E-state index contributed by atoms with van der Waals surface area (Å²) in [5, 5.41) is 8.83. The molecule has 0 fully saturated rings. The summed E-state index contributed by atoms with van der Waals surface area (Å²) in [4.78, 5) is 22.8. The Hall–Kier alpha value is -1.11. The summed E-state index contributed by atoms with van der Waals surface area (Å²) in [6.45, 7) is 3.35. The van der Waals surface area contributed by atoms with Gasteiger partial charge in [-0.2, -0.15) is 0 Å². The highest BCUT2D eigenvalue weighted by molar-refractivity contribution is 14.1. The predicted octanol–water partition coefficient (Wildman–Crippen LogP) is 3.08. The smallest absolute Gasteiger partial charge is 0.306 e. The van der Waals surface area contributed by atoms with E-state index in [0.29, 0.717) is 0 Å². The molecule has 19 heavy (non-hydrogen) atoms. The van der Waals surface area contributed by atoms with Crippen LogP contribution in [0.1, 0.15) is 31.7 Å². The maximum Gasteiger partial charge on any atom is 0.306 e. The molecule has 0 unspecified atom stereocenters. The minimum Gasteiger partial charge on any atom is -0.496 e. The second-order valence-corrected chi connectivity index (χ2v) is 5.69. The third-order valence-electron chi connectivity index (χ3n) is 3.09. The van der Waals surface area contributed by atoms with Crippen molar-refractivity contribution in [3.05, 3.63) is 27.3 Å². The van der Waals surface area contributed by atoms with E-state index in [1.165, 1.54) is 0 Å². The molecule has 0 aliphatic carbocycles. The highest BCUT2D eigenvalue weighted by atomic mass is 127. The lowest BCUT2D eigenvalue weighted by Crippen LogP contribution is -2.18. The average Bonchev–Trinajstić information content (AvgIpc) is 2.37. The second kappa shape index (κ2) is 6.88. The first-order valence-electron chi connectivity index (χ1n) is 5.95. The Morgan fingerprint density at radius 1 is 1.37 bits per heavy atom. The number of Topliss-reactive ketones (excluding diaryl/α,β-unsaturated/α-hetero) is 1. The molecule has 1 rings (SSSR count). The number of ketones is 1. The Morgan fingerprint density at radius 3 is 2.47 bits per heavy atom. The topological polar surface area (TPSA) is 63.6 Å². The lowest BCUT2D eigenvalue weighted by Gasteiger charge is -2.14. The van der Waals surface area contributed by atoms with Crippen LogP contribution in [0.5, 0.6) is 5.75 Å². The van der Waals surface area contributed by atoms with Gasteiger partial charge < -0.3 is 9.84 Å². The number of carboxylic acids is 1. The zero-order chi connectivity index (χ0) is 14.6. The van der Waals surface area contributed by atoms with Crippen molar-refractivity contribution >= 4 is 34.3 Å². The number of rotatable bonds is 6. The van der Waals surface area contributed by atoms with Gasteiger partial charge in [-0.15, -0.1) is 0 Å². The predicted molar refractivity (Wildman–Crippen MR) is 80.5 cm³/mol. The molecule has 4 nitrogen and oxygen atoms in total. The molecule has 0 aliphatic heterocycles. The van der Waals surface area contributed by atoms with E-state index in [1.807, 2.05) is 18.2 Å². The van der Waals surface area contributed by atoms with Gasteiger partial charge in [-0.05, 0) is 40.3 Å². The van der Waals surface area contributed by atoms with Crippen LogP contribution in [0, 0.1) is 9.49 Å². The van der Waals surface area contributed by atoms with Gasteiger partial charge in [-0.1, -0.05) is 19.9 Å². The molecule has 1 aromatic carbocycles. The van der Waals surface area contributed by atoms with E-state index < -0.39 is 11.9 Å². The van der Waals surface area contributed by atoms with Crippen molar-refractivity contribution < 1.29 is 19.4 Å². The first-order valence-corrected chi connectivity index (χ1v) is 7.03. The van der Waals surface area contributed by atoms with Crippen molar-refractivity contribution in [1.29, 1.82) is 0 Å². The van der Waals surface area contributed by atoms with Crippen LogP contribution in [0.4, 0.5) is 0 Å². The van der Waals surface area contributed by atoms with Crippen molar-refractivity contribution in [3.8, 4) is 5.75 Å². The summed E-state index contributed by atoms with van der Waals surface area (Å²) in [6, 6.07) is 5.56. The summed E-state index contributed by atoms with van der Waals surface area (Å²) in [7, 11) is 1.60. The summed E-state index contributed by atoms with van der Waals surface area (Å²) in [5.74, 6) is -1.18. The highest BCUT2D eigenvalue weighted by Gasteiger charge is 2.21. The molecule has 5 heteroatoms. The normalized spacial score (nSPS) is 13.7. The molecule has 0 heterocycles. The molecule has 0 saturated heterocycles. The number of carbonyl (C=O) groups is 2. The number of methoxy groups -OCH3 is 1. The number of benzene rings is 1. The molecular weight excluding hydrogens is 359 g/mol. The summed E-state index contributed by atoms with van der Waals surface area (Å²) in [5.41, 5.74) is 0.882. The molecule has 1 aromatic rings. The van der Waals surface area contributed by atoms with Gasteiger partial charge in [0.1, 0.15) is 11.5 Å². The SMILES string of the molecule is COc1ccc([C@H](C)C(=O)C[C@@H](C)C(=O)O)cc1I. The van der Waals surface area contributed by atoms with E-state index in [0.717, 1.165) is 14.9 Å². The standard InChI is InChI=1S/C14H17IO4/c1-8(14(17)18)6-12(16)9(2)10-4-5-13(19-3)11(15)7-10/h4-5,7-9H,6H2,1-3H3,(H,17,18)/t8-,9+/m1/s1. The zero-order valence-electron chi connectivity index (χ0n) is 11.1. The van der Waals surface area contributed by atoms with Gasteiger partial charge in [0.15, 0.2) is 0 Å². The molecule has 0 amide bonds. The number of hydrogen-bond acceptors (Lipinski definition) is 3. The Labute approximate surface area is 126 Å². The number of halogens is 1.